The number of rotatable bonds is 6. The first-order valence-electron chi connectivity index (χ1n) is 6.26. The van der Waals surface area contributed by atoms with Crippen molar-refractivity contribution in [1.82, 2.24) is 0 Å². The molecule has 17 heavy (non-hydrogen) atoms. The normalized spacial score (nSPS) is 9.53. The predicted octanol–water partition coefficient (Wildman–Crippen LogP) is 3.70. The molecular weight excluding hydrogens is 216 g/mol. The van der Waals surface area contributed by atoms with Gasteiger partial charge in [-0.15, -0.1) is 0 Å². The summed E-state index contributed by atoms with van der Waals surface area (Å²) < 4.78 is 5.31. The smallest absolute Gasteiger partial charge is 0.119 e. The van der Waals surface area contributed by atoms with Gasteiger partial charge in [-0.2, -0.15) is 0 Å². The molecule has 1 aromatic carbocycles. The molecule has 0 saturated carbocycles. The van der Waals surface area contributed by atoms with Crippen molar-refractivity contribution in [1.29, 1.82) is 0 Å². The number of hydrogen-bond donors (Lipinski definition) is 2. The molecule has 0 aliphatic carbocycles. The molecule has 3 nitrogen and oxygen atoms in total. The summed E-state index contributed by atoms with van der Waals surface area (Å²) in [6, 6.07) is 5.85. The molecule has 0 fully saturated rings. The Balaban J connectivity index is 0.000000302. The average molecular weight is 240 g/mol. The number of phenols is 2. The van der Waals surface area contributed by atoms with Crippen LogP contribution >= 0.6 is 0 Å². The molecule has 0 radical (unpaired) electrons. The fourth-order valence-corrected chi connectivity index (χ4v) is 1.09. The van der Waals surface area contributed by atoms with Crippen molar-refractivity contribution >= 4 is 0 Å². The van der Waals surface area contributed by atoms with Crippen LogP contribution in [-0.4, -0.2) is 23.4 Å². The molecule has 3 heteroatoms. The number of hydrogen-bond acceptors (Lipinski definition) is 3. The van der Waals surface area contributed by atoms with Gasteiger partial charge in [-0.05, 0) is 25.0 Å². The van der Waals surface area contributed by atoms with Gasteiger partial charge in [0.1, 0.15) is 11.5 Å². The minimum absolute atomic E-state index is 0.0880. The fraction of sp³-hybridized carbons (Fsp3) is 0.571. The van der Waals surface area contributed by atoms with E-state index < -0.39 is 0 Å². The van der Waals surface area contributed by atoms with Crippen LogP contribution in [0, 0.1) is 0 Å². The molecule has 98 valence electrons. The van der Waals surface area contributed by atoms with E-state index in [9.17, 15) is 0 Å². The van der Waals surface area contributed by atoms with Gasteiger partial charge in [0.05, 0.1) is 0 Å². The molecule has 0 atom stereocenters. The molecule has 0 unspecified atom stereocenters. The molecule has 0 amide bonds. The first-order chi connectivity index (χ1) is 8.20. The molecular formula is C14H24O3. The van der Waals surface area contributed by atoms with Gasteiger partial charge >= 0.3 is 0 Å². The van der Waals surface area contributed by atoms with Crippen molar-refractivity contribution in [2.75, 3.05) is 13.2 Å². The van der Waals surface area contributed by atoms with Gasteiger partial charge in [0.15, 0.2) is 0 Å². The van der Waals surface area contributed by atoms with Crippen molar-refractivity contribution in [3.05, 3.63) is 24.3 Å². The maximum Gasteiger partial charge on any atom is 0.119 e. The highest BCUT2D eigenvalue weighted by molar-refractivity contribution is 5.30. The number of aromatic hydroxyl groups is 2. The highest BCUT2D eigenvalue weighted by Crippen LogP contribution is 2.14. The van der Waals surface area contributed by atoms with Crippen LogP contribution in [0.2, 0.25) is 0 Å². The van der Waals surface area contributed by atoms with E-state index >= 15 is 0 Å². The van der Waals surface area contributed by atoms with Crippen LogP contribution in [0.5, 0.6) is 11.5 Å². The molecule has 1 rings (SSSR count). The van der Waals surface area contributed by atoms with E-state index in [1.807, 2.05) is 0 Å². The fourth-order valence-electron chi connectivity index (χ4n) is 1.09. The maximum absolute atomic E-state index is 8.65. The van der Waals surface area contributed by atoms with Gasteiger partial charge in [-0.3, -0.25) is 0 Å². The second-order valence-corrected chi connectivity index (χ2v) is 3.84. The minimum atomic E-state index is 0.0880. The van der Waals surface area contributed by atoms with Gasteiger partial charge in [0.2, 0.25) is 0 Å². The third-order valence-electron chi connectivity index (χ3n) is 2.11. The molecule has 0 heterocycles. The van der Waals surface area contributed by atoms with Crippen molar-refractivity contribution in [3.8, 4) is 11.5 Å². The molecule has 0 aliphatic heterocycles. The second kappa shape index (κ2) is 11.3. The minimum Gasteiger partial charge on any atom is -0.508 e. The van der Waals surface area contributed by atoms with Crippen LogP contribution in [0.15, 0.2) is 24.3 Å². The molecule has 0 saturated heterocycles. The third-order valence-corrected chi connectivity index (χ3v) is 2.11. The van der Waals surface area contributed by atoms with E-state index in [-0.39, 0.29) is 11.5 Å². The summed E-state index contributed by atoms with van der Waals surface area (Å²) in [4.78, 5) is 0. The summed E-state index contributed by atoms with van der Waals surface area (Å²) in [7, 11) is 0. The van der Waals surface area contributed by atoms with Crippen LogP contribution < -0.4 is 0 Å². The molecule has 1 aromatic rings. The number of unbranched alkanes of at least 4 members (excludes halogenated alkanes) is 2. The predicted molar refractivity (Wildman–Crippen MR) is 70.4 cm³/mol. The average Bonchev–Trinajstić information content (AvgIpc) is 2.29. The van der Waals surface area contributed by atoms with Crippen LogP contribution in [0.1, 0.15) is 39.5 Å². The lowest BCUT2D eigenvalue weighted by Crippen LogP contribution is -1.95. The highest BCUT2D eigenvalue weighted by atomic mass is 16.5. The van der Waals surface area contributed by atoms with Crippen LogP contribution in [-0.2, 0) is 4.74 Å². The molecule has 0 spiro atoms. The van der Waals surface area contributed by atoms with E-state index in [1.165, 1.54) is 43.9 Å². The maximum atomic E-state index is 8.65. The Kier molecular flexibility index (Phi) is 10.5. The summed E-state index contributed by atoms with van der Waals surface area (Å²) in [5, 5.41) is 17.3. The monoisotopic (exact) mass is 240 g/mol. The van der Waals surface area contributed by atoms with E-state index in [2.05, 4.69) is 13.8 Å². The quantitative estimate of drug-likeness (QED) is 0.745. The van der Waals surface area contributed by atoms with Gasteiger partial charge in [-0.1, -0.05) is 32.8 Å². The Labute approximate surface area is 104 Å². The van der Waals surface area contributed by atoms with Crippen LogP contribution in [0.25, 0.3) is 0 Å². The first-order valence-corrected chi connectivity index (χ1v) is 6.26. The largest absolute Gasteiger partial charge is 0.508 e. The van der Waals surface area contributed by atoms with Crippen molar-refractivity contribution < 1.29 is 14.9 Å². The van der Waals surface area contributed by atoms with Gasteiger partial charge < -0.3 is 14.9 Å². The lowest BCUT2D eigenvalue weighted by atomic mass is 10.3. The SMILES string of the molecule is CCCCOCCCC.Oc1cccc(O)c1. The molecule has 0 aliphatic rings. The molecule has 0 aromatic heterocycles. The standard InChI is InChI=1S/C8H18O.C6H6O2/c1-3-5-7-9-8-6-4-2;7-5-2-1-3-6(8)4-5/h3-8H2,1-2H3;1-4,7-8H. The summed E-state index contributed by atoms with van der Waals surface area (Å²) in [5.74, 6) is 0.176. The van der Waals surface area contributed by atoms with Crippen molar-refractivity contribution in [2.45, 2.75) is 39.5 Å². The topological polar surface area (TPSA) is 49.7 Å². The van der Waals surface area contributed by atoms with Gasteiger partial charge in [-0.25, -0.2) is 0 Å². The zero-order valence-corrected chi connectivity index (χ0v) is 10.9. The Hall–Kier alpha value is -1.22. The Bertz CT molecular complexity index is 251. The van der Waals surface area contributed by atoms with E-state index in [4.69, 9.17) is 14.9 Å². The van der Waals surface area contributed by atoms with Crippen molar-refractivity contribution in [3.63, 3.8) is 0 Å². The lowest BCUT2D eigenvalue weighted by molar-refractivity contribution is 0.128. The highest BCUT2D eigenvalue weighted by Gasteiger charge is 1.85. The van der Waals surface area contributed by atoms with E-state index in [0.29, 0.717) is 0 Å². The lowest BCUT2D eigenvalue weighted by Gasteiger charge is -1.99. The van der Waals surface area contributed by atoms with Crippen LogP contribution in [0.3, 0.4) is 0 Å². The number of phenolic OH excluding ortho intramolecular Hbond substituents is 2. The number of ether oxygens (including phenoxy) is 1. The zero-order chi connectivity index (χ0) is 12.9. The van der Waals surface area contributed by atoms with Crippen LogP contribution in [0.4, 0.5) is 0 Å². The van der Waals surface area contributed by atoms with E-state index in [0.717, 1.165) is 13.2 Å². The summed E-state index contributed by atoms with van der Waals surface area (Å²) in [6.45, 7) is 6.28. The second-order valence-electron chi connectivity index (χ2n) is 3.84. The Morgan fingerprint density at radius 1 is 0.941 bits per heavy atom. The molecule has 2 N–H and O–H groups in total. The molecule has 0 bridgehead atoms. The summed E-state index contributed by atoms with van der Waals surface area (Å²) in [6.07, 6.45) is 4.91. The third kappa shape index (κ3) is 11.1. The van der Waals surface area contributed by atoms with E-state index in [1.54, 1.807) is 6.07 Å². The Morgan fingerprint density at radius 3 is 1.71 bits per heavy atom. The Morgan fingerprint density at radius 2 is 1.41 bits per heavy atom. The van der Waals surface area contributed by atoms with Crippen molar-refractivity contribution in [2.24, 2.45) is 0 Å². The zero-order valence-electron chi connectivity index (χ0n) is 10.9. The first kappa shape index (κ1) is 15.8. The van der Waals surface area contributed by atoms with Gasteiger partial charge in [0.25, 0.3) is 0 Å². The number of benzene rings is 1. The summed E-state index contributed by atoms with van der Waals surface area (Å²) >= 11 is 0. The summed E-state index contributed by atoms with van der Waals surface area (Å²) in [5.41, 5.74) is 0. The van der Waals surface area contributed by atoms with Gasteiger partial charge in [0, 0.05) is 19.3 Å².